The van der Waals surface area contributed by atoms with Crippen LogP contribution in [0, 0.1) is 5.82 Å². The Morgan fingerprint density at radius 2 is 2.04 bits per heavy atom. The normalized spacial score (nSPS) is 11.3. The topological polar surface area (TPSA) is 88.1 Å². The van der Waals surface area contributed by atoms with Gasteiger partial charge in [0.05, 0.1) is 30.8 Å². The molecule has 5 rings (SSSR count). The van der Waals surface area contributed by atoms with Crippen LogP contribution in [-0.4, -0.2) is 34.9 Å². The van der Waals surface area contributed by atoms with Gasteiger partial charge in [-0.05, 0) is 17.7 Å². The van der Waals surface area contributed by atoms with Gasteiger partial charge >= 0.3 is 0 Å². The number of fused-ring (bicyclic) bond motifs is 1. The van der Waals surface area contributed by atoms with Crippen LogP contribution in [0.2, 0.25) is 0 Å². The van der Waals surface area contributed by atoms with Crippen molar-refractivity contribution in [2.24, 2.45) is 0 Å². The molecule has 132 valence electrons. The first-order chi connectivity index (χ1) is 13.3. The number of nitrogens with zero attached hydrogens (tertiary/aromatic N) is 5. The molecule has 0 fully saturated rings. The SMILES string of the molecule is Fc1cccc(Cn2cc(-c3c[nH]c4ncc(-c5cn[nH]c5)nc34)cn2)c1. The Bertz CT molecular complexity index is 1220. The van der Waals surface area contributed by atoms with Gasteiger partial charge in [0.2, 0.25) is 0 Å². The van der Waals surface area contributed by atoms with Crippen molar-refractivity contribution in [2.45, 2.75) is 6.54 Å². The van der Waals surface area contributed by atoms with Crippen LogP contribution in [0.15, 0.2) is 61.4 Å². The van der Waals surface area contributed by atoms with Gasteiger partial charge in [-0.15, -0.1) is 0 Å². The van der Waals surface area contributed by atoms with Gasteiger partial charge in [-0.25, -0.2) is 14.4 Å². The molecule has 8 heteroatoms. The fourth-order valence-corrected chi connectivity index (χ4v) is 3.05. The average molecular weight is 359 g/mol. The third-order valence-electron chi connectivity index (χ3n) is 4.35. The molecule has 7 nitrogen and oxygen atoms in total. The molecule has 2 N–H and O–H groups in total. The minimum atomic E-state index is -0.251. The Kier molecular flexibility index (Phi) is 3.53. The molecule has 0 aliphatic heterocycles. The molecule has 4 aromatic heterocycles. The van der Waals surface area contributed by atoms with E-state index in [1.54, 1.807) is 35.5 Å². The lowest BCUT2D eigenvalue weighted by Gasteiger charge is -2.01. The number of hydrogen-bond acceptors (Lipinski definition) is 4. The van der Waals surface area contributed by atoms with Crippen molar-refractivity contribution < 1.29 is 4.39 Å². The Morgan fingerprint density at radius 1 is 1.07 bits per heavy atom. The van der Waals surface area contributed by atoms with Crippen molar-refractivity contribution in [3.63, 3.8) is 0 Å². The van der Waals surface area contributed by atoms with E-state index in [-0.39, 0.29) is 5.82 Å². The van der Waals surface area contributed by atoms with Crippen LogP contribution in [-0.2, 0) is 6.54 Å². The van der Waals surface area contributed by atoms with Gasteiger partial charge in [0.1, 0.15) is 11.3 Å². The largest absolute Gasteiger partial charge is 0.344 e. The van der Waals surface area contributed by atoms with Crippen LogP contribution < -0.4 is 0 Å². The van der Waals surface area contributed by atoms with Crippen LogP contribution in [0.1, 0.15) is 5.56 Å². The summed E-state index contributed by atoms with van der Waals surface area (Å²) in [7, 11) is 0. The summed E-state index contributed by atoms with van der Waals surface area (Å²) in [6, 6.07) is 6.51. The number of rotatable bonds is 4. The zero-order chi connectivity index (χ0) is 18.2. The summed E-state index contributed by atoms with van der Waals surface area (Å²) in [5.74, 6) is -0.251. The molecular formula is C19H14FN7. The van der Waals surface area contributed by atoms with E-state index in [4.69, 9.17) is 4.98 Å². The maximum atomic E-state index is 13.4. The summed E-state index contributed by atoms with van der Waals surface area (Å²) in [5, 5.41) is 11.1. The third kappa shape index (κ3) is 2.86. The van der Waals surface area contributed by atoms with E-state index in [0.717, 1.165) is 33.5 Å². The second-order valence-corrected chi connectivity index (χ2v) is 6.20. The quantitative estimate of drug-likeness (QED) is 0.515. The number of halogens is 1. The average Bonchev–Trinajstić information content (AvgIpc) is 3.41. The zero-order valence-electron chi connectivity index (χ0n) is 14.1. The smallest absolute Gasteiger partial charge is 0.156 e. The Morgan fingerprint density at radius 3 is 2.89 bits per heavy atom. The minimum absolute atomic E-state index is 0.251. The standard InChI is InChI=1S/C19H14FN7/c20-15-3-1-2-12(4-15)10-27-11-14(7-25-27)16-8-21-19-18(16)26-17(9-22-19)13-5-23-24-6-13/h1-9,11H,10H2,(H,21,22)(H,23,24). The molecule has 5 aromatic rings. The van der Waals surface area contributed by atoms with Gasteiger partial charge in [0, 0.05) is 35.3 Å². The van der Waals surface area contributed by atoms with Crippen molar-refractivity contribution in [1.82, 2.24) is 34.9 Å². The Labute approximate surface area is 152 Å². The van der Waals surface area contributed by atoms with Crippen molar-refractivity contribution in [2.75, 3.05) is 0 Å². The Balaban J connectivity index is 1.50. The Hall–Kier alpha value is -3.81. The maximum Gasteiger partial charge on any atom is 0.156 e. The lowest BCUT2D eigenvalue weighted by Crippen LogP contribution is -1.99. The van der Waals surface area contributed by atoms with E-state index < -0.39 is 0 Å². The summed E-state index contributed by atoms with van der Waals surface area (Å²) < 4.78 is 15.1. The fraction of sp³-hybridized carbons (Fsp3) is 0.0526. The van der Waals surface area contributed by atoms with Crippen molar-refractivity contribution in [3.05, 3.63) is 72.8 Å². The molecule has 0 saturated carbocycles. The number of H-pyrrole nitrogens is 2. The summed E-state index contributed by atoms with van der Waals surface area (Å²) in [4.78, 5) is 12.3. The summed E-state index contributed by atoms with van der Waals surface area (Å²) in [5.41, 5.74) is 5.76. The molecule has 0 bridgehead atoms. The number of hydrogen-bond donors (Lipinski definition) is 2. The van der Waals surface area contributed by atoms with Gasteiger partial charge in [-0.3, -0.25) is 9.78 Å². The van der Waals surface area contributed by atoms with Gasteiger partial charge in [0.15, 0.2) is 5.65 Å². The molecule has 0 radical (unpaired) electrons. The van der Waals surface area contributed by atoms with Crippen LogP contribution in [0.5, 0.6) is 0 Å². The molecule has 0 spiro atoms. The molecule has 1 aromatic carbocycles. The third-order valence-corrected chi connectivity index (χ3v) is 4.35. The van der Waals surface area contributed by atoms with E-state index in [1.807, 2.05) is 18.5 Å². The molecular weight excluding hydrogens is 345 g/mol. The van der Waals surface area contributed by atoms with E-state index in [1.165, 1.54) is 12.1 Å². The molecule has 0 atom stereocenters. The summed E-state index contributed by atoms with van der Waals surface area (Å²) >= 11 is 0. The van der Waals surface area contributed by atoms with Gasteiger partial charge < -0.3 is 4.98 Å². The van der Waals surface area contributed by atoms with E-state index >= 15 is 0 Å². The fourth-order valence-electron chi connectivity index (χ4n) is 3.05. The minimum Gasteiger partial charge on any atom is -0.344 e. The highest BCUT2D eigenvalue weighted by atomic mass is 19.1. The summed E-state index contributed by atoms with van der Waals surface area (Å²) in [6.45, 7) is 0.492. The second-order valence-electron chi connectivity index (χ2n) is 6.20. The van der Waals surface area contributed by atoms with Crippen LogP contribution in [0.3, 0.4) is 0 Å². The van der Waals surface area contributed by atoms with Crippen LogP contribution in [0.4, 0.5) is 4.39 Å². The predicted octanol–water partition coefficient (Wildman–Crippen LogP) is 3.40. The van der Waals surface area contributed by atoms with Crippen molar-refractivity contribution in [3.8, 4) is 22.4 Å². The first-order valence-electron chi connectivity index (χ1n) is 8.37. The molecule has 0 aliphatic carbocycles. The predicted molar refractivity (Wildman–Crippen MR) is 98.2 cm³/mol. The zero-order valence-corrected chi connectivity index (χ0v) is 14.1. The highest BCUT2D eigenvalue weighted by molar-refractivity contribution is 5.91. The van der Waals surface area contributed by atoms with Crippen LogP contribution >= 0.6 is 0 Å². The first kappa shape index (κ1) is 15.4. The van der Waals surface area contributed by atoms with E-state index in [2.05, 4.69) is 25.3 Å². The molecule has 4 heterocycles. The molecule has 0 saturated heterocycles. The lowest BCUT2D eigenvalue weighted by atomic mass is 10.1. The first-order valence-corrected chi connectivity index (χ1v) is 8.37. The van der Waals surface area contributed by atoms with Crippen molar-refractivity contribution in [1.29, 1.82) is 0 Å². The number of nitrogens with one attached hydrogen (secondary N) is 2. The molecule has 27 heavy (non-hydrogen) atoms. The van der Waals surface area contributed by atoms with Crippen molar-refractivity contribution >= 4 is 11.2 Å². The number of aromatic nitrogens is 7. The van der Waals surface area contributed by atoms with Gasteiger partial charge in [-0.2, -0.15) is 10.2 Å². The maximum absolute atomic E-state index is 13.4. The number of aromatic amines is 2. The highest BCUT2D eigenvalue weighted by Gasteiger charge is 2.13. The second kappa shape index (κ2) is 6.17. The van der Waals surface area contributed by atoms with Crippen LogP contribution in [0.25, 0.3) is 33.5 Å². The molecule has 0 aliphatic rings. The van der Waals surface area contributed by atoms with E-state index in [9.17, 15) is 4.39 Å². The van der Waals surface area contributed by atoms with Gasteiger partial charge in [-0.1, -0.05) is 12.1 Å². The lowest BCUT2D eigenvalue weighted by molar-refractivity contribution is 0.619. The highest BCUT2D eigenvalue weighted by Crippen LogP contribution is 2.28. The summed E-state index contributed by atoms with van der Waals surface area (Å²) in [6.07, 6.45) is 10.8. The molecule has 0 unspecified atom stereocenters. The molecule has 0 amide bonds. The monoisotopic (exact) mass is 359 g/mol. The van der Waals surface area contributed by atoms with E-state index in [0.29, 0.717) is 12.2 Å². The number of benzene rings is 1. The van der Waals surface area contributed by atoms with Gasteiger partial charge in [0.25, 0.3) is 0 Å².